The molecule has 0 saturated carbocycles. The molecule has 0 radical (unpaired) electrons. The fourth-order valence-corrected chi connectivity index (χ4v) is 3.01. The van der Waals surface area contributed by atoms with E-state index >= 15 is 0 Å². The largest absolute Gasteiger partial charge is 0.497 e. The van der Waals surface area contributed by atoms with E-state index in [4.69, 9.17) is 17.0 Å². The standard InChI is InChI=1S/C20H21N5O6S2/c1-31-16-7-5-12(6-8-16)18(28)22-19(32)13(11-26)9-17(27)23-24-20(33)21-14-3-2-4-15(10-14)25(29)30/h2-8,10-11,13,19,32H,9H2,1H3,(H,22,28)(H,23,27)(H2,21,24,33). The Balaban J connectivity index is 1.83. The summed E-state index contributed by atoms with van der Waals surface area (Å²) in [5, 5.41) is 15.1. The summed E-state index contributed by atoms with van der Waals surface area (Å²) >= 11 is 9.26. The minimum atomic E-state index is -0.921. The van der Waals surface area contributed by atoms with Gasteiger partial charge in [0.25, 0.3) is 11.6 Å². The van der Waals surface area contributed by atoms with Crippen LogP contribution in [0.4, 0.5) is 11.4 Å². The van der Waals surface area contributed by atoms with Gasteiger partial charge in [-0.3, -0.25) is 30.6 Å². The highest BCUT2D eigenvalue weighted by molar-refractivity contribution is 7.81. The minimum Gasteiger partial charge on any atom is -0.497 e. The summed E-state index contributed by atoms with van der Waals surface area (Å²) in [5.41, 5.74) is 5.30. The molecule has 2 amide bonds. The molecule has 0 aliphatic heterocycles. The van der Waals surface area contributed by atoms with Crippen molar-refractivity contribution >= 4 is 59.4 Å². The first kappa shape index (κ1) is 25.5. The molecule has 0 heterocycles. The van der Waals surface area contributed by atoms with E-state index < -0.39 is 28.0 Å². The highest BCUT2D eigenvalue weighted by Gasteiger charge is 2.23. The predicted octanol–water partition coefficient (Wildman–Crippen LogP) is 1.81. The van der Waals surface area contributed by atoms with Gasteiger partial charge < -0.3 is 20.2 Å². The van der Waals surface area contributed by atoms with Crippen LogP contribution in [0.3, 0.4) is 0 Å². The van der Waals surface area contributed by atoms with Gasteiger partial charge in [-0.2, -0.15) is 12.6 Å². The average molecular weight is 492 g/mol. The molecule has 0 bridgehead atoms. The van der Waals surface area contributed by atoms with Gasteiger partial charge in [-0.05, 0) is 42.5 Å². The molecule has 0 aliphatic rings. The molecule has 2 rings (SSSR count). The zero-order valence-corrected chi connectivity index (χ0v) is 19.0. The molecule has 2 aromatic rings. The number of nitrogens with one attached hydrogen (secondary N) is 4. The number of nitrogens with zero attached hydrogens (tertiary/aromatic N) is 1. The Morgan fingerprint density at radius 2 is 1.91 bits per heavy atom. The van der Waals surface area contributed by atoms with Crippen molar-refractivity contribution in [2.45, 2.75) is 11.8 Å². The second kappa shape index (κ2) is 12.4. The molecule has 2 unspecified atom stereocenters. The number of ether oxygens (including phenoxy) is 1. The molecular formula is C20H21N5O6S2. The van der Waals surface area contributed by atoms with E-state index in [1.807, 2.05) is 0 Å². The third-order valence-corrected chi connectivity index (χ3v) is 4.98. The Kier molecular flexibility index (Phi) is 9.57. The highest BCUT2D eigenvalue weighted by Crippen LogP contribution is 2.17. The van der Waals surface area contributed by atoms with Crippen molar-refractivity contribution in [3.8, 4) is 5.75 Å². The number of hydrazine groups is 1. The van der Waals surface area contributed by atoms with Crippen molar-refractivity contribution in [1.82, 2.24) is 16.2 Å². The van der Waals surface area contributed by atoms with Crippen molar-refractivity contribution in [2.75, 3.05) is 12.4 Å². The second-order valence-corrected chi connectivity index (χ2v) is 7.55. The van der Waals surface area contributed by atoms with Crippen molar-refractivity contribution < 1.29 is 24.0 Å². The molecular weight excluding hydrogens is 470 g/mol. The van der Waals surface area contributed by atoms with Crippen LogP contribution >= 0.6 is 24.8 Å². The Morgan fingerprint density at radius 3 is 2.52 bits per heavy atom. The Morgan fingerprint density at radius 1 is 1.21 bits per heavy atom. The molecule has 4 N–H and O–H groups in total. The SMILES string of the molecule is COc1ccc(C(=O)NC(S)C(C=O)CC(=O)NNC(=S)Nc2cccc([N+](=O)[O-])c2)cc1. The summed E-state index contributed by atoms with van der Waals surface area (Å²) < 4.78 is 5.03. The number of amides is 2. The first-order valence-corrected chi connectivity index (χ1v) is 10.3. The van der Waals surface area contributed by atoms with E-state index in [2.05, 4.69) is 34.1 Å². The molecule has 33 heavy (non-hydrogen) atoms. The van der Waals surface area contributed by atoms with Crippen LogP contribution in [0.2, 0.25) is 0 Å². The van der Waals surface area contributed by atoms with Crippen LogP contribution in [0, 0.1) is 16.0 Å². The highest BCUT2D eigenvalue weighted by atomic mass is 32.1. The molecule has 0 aromatic heterocycles. The molecule has 2 aromatic carbocycles. The number of rotatable bonds is 9. The second-order valence-electron chi connectivity index (χ2n) is 6.59. The van der Waals surface area contributed by atoms with E-state index in [0.29, 0.717) is 23.3 Å². The number of hydrogen-bond donors (Lipinski definition) is 5. The van der Waals surface area contributed by atoms with E-state index in [-0.39, 0.29) is 17.2 Å². The fourth-order valence-electron chi connectivity index (χ4n) is 2.55. The van der Waals surface area contributed by atoms with Gasteiger partial charge in [0, 0.05) is 29.8 Å². The van der Waals surface area contributed by atoms with Gasteiger partial charge in [0.15, 0.2) is 5.11 Å². The number of nitro groups is 1. The lowest BCUT2D eigenvalue weighted by atomic mass is 10.1. The van der Waals surface area contributed by atoms with Crippen LogP contribution in [0.5, 0.6) is 5.75 Å². The van der Waals surface area contributed by atoms with Crippen LogP contribution < -0.4 is 26.2 Å². The molecule has 0 spiro atoms. The number of aldehydes is 1. The topological polar surface area (TPSA) is 152 Å². The van der Waals surface area contributed by atoms with Crippen molar-refractivity contribution in [3.05, 3.63) is 64.2 Å². The number of hydrogen-bond acceptors (Lipinski definition) is 8. The Bertz CT molecular complexity index is 1030. The zero-order valence-electron chi connectivity index (χ0n) is 17.3. The smallest absolute Gasteiger partial charge is 0.271 e. The lowest BCUT2D eigenvalue weighted by Gasteiger charge is -2.19. The number of benzene rings is 2. The molecule has 0 fully saturated rings. The lowest BCUT2D eigenvalue weighted by molar-refractivity contribution is -0.384. The quantitative estimate of drug-likeness (QED) is 0.0883. The third-order valence-electron chi connectivity index (χ3n) is 4.26. The molecule has 174 valence electrons. The van der Waals surface area contributed by atoms with Gasteiger partial charge >= 0.3 is 0 Å². The number of anilines is 1. The van der Waals surface area contributed by atoms with E-state index in [1.165, 1.54) is 25.3 Å². The summed E-state index contributed by atoms with van der Waals surface area (Å²) in [6, 6.07) is 12.0. The number of nitro benzene ring substituents is 1. The minimum absolute atomic E-state index is 0.0262. The van der Waals surface area contributed by atoms with Crippen molar-refractivity contribution in [3.63, 3.8) is 0 Å². The number of thiocarbonyl (C=S) groups is 1. The third kappa shape index (κ3) is 8.05. The maximum Gasteiger partial charge on any atom is 0.271 e. The number of thiol groups is 1. The maximum absolute atomic E-state index is 12.3. The van der Waals surface area contributed by atoms with Gasteiger partial charge in [0.1, 0.15) is 12.0 Å². The van der Waals surface area contributed by atoms with E-state index in [1.54, 1.807) is 30.3 Å². The lowest BCUT2D eigenvalue weighted by Crippen LogP contribution is -2.46. The van der Waals surface area contributed by atoms with Gasteiger partial charge in [0.2, 0.25) is 5.91 Å². The van der Waals surface area contributed by atoms with E-state index in [0.717, 1.165) is 0 Å². The molecule has 13 heteroatoms. The average Bonchev–Trinajstić information content (AvgIpc) is 2.81. The number of methoxy groups -OCH3 is 1. The summed E-state index contributed by atoms with van der Waals surface area (Å²) in [5.74, 6) is -1.39. The zero-order chi connectivity index (χ0) is 24.4. The Hall–Kier alpha value is -3.71. The van der Waals surface area contributed by atoms with Crippen molar-refractivity contribution in [1.29, 1.82) is 0 Å². The first-order chi connectivity index (χ1) is 15.7. The molecule has 0 saturated heterocycles. The van der Waals surface area contributed by atoms with Crippen LogP contribution in [-0.2, 0) is 9.59 Å². The van der Waals surface area contributed by atoms with Crippen LogP contribution in [0.15, 0.2) is 48.5 Å². The predicted molar refractivity (Wildman–Crippen MR) is 128 cm³/mol. The number of carbonyl (C=O) groups excluding carboxylic acids is 3. The molecule has 2 atom stereocenters. The molecule has 0 aliphatic carbocycles. The van der Waals surface area contributed by atoms with Gasteiger partial charge in [-0.25, -0.2) is 0 Å². The summed E-state index contributed by atoms with van der Waals surface area (Å²) in [6.07, 6.45) is 0.234. The Labute approximate surface area is 199 Å². The van der Waals surface area contributed by atoms with E-state index in [9.17, 15) is 24.5 Å². The maximum atomic E-state index is 12.3. The normalized spacial score (nSPS) is 11.9. The number of carbonyl (C=O) groups is 3. The first-order valence-electron chi connectivity index (χ1n) is 9.42. The van der Waals surface area contributed by atoms with Gasteiger partial charge in [-0.15, -0.1) is 0 Å². The van der Waals surface area contributed by atoms with Crippen LogP contribution in [0.1, 0.15) is 16.8 Å². The summed E-state index contributed by atoms with van der Waals surface area (Å²) in [4.78, 5) is 46.2. The monoisotopic (exact) mass is 491 g/mol. The summed E-state index contributed by atoms with van der Waals surface area (Å²) in [6.45, 7) is 0. The van der Waals surface area contributed by atoms with Crippen LogP contribution in [0.25, 0.3) is 0 Å². The van der Waals surface area contributed by atoms with Gasteiger partial charge in [-0.1, -0.05) is 6.07 Å². The van der Waals surface area contributed by atoms with Crippen molar-refractivity contribution in [2.24, 2.45) is 5.92 Å². The summed E-state index contributed by atoms with van der Waals surface area (Å²) in [7, 11) is 1.50. The number of non-ortho nitro benzene ring substituents is 1. The molecule has 11 nitrogen and oxygen atoms in total. The van der Waals surface area contributed by atoms with Gasteiger partial charge in [0.05, 0.1) is 23.3 Å². The fraction of sp³-hybridized carbons (Fsp3) is 0.200. The van der Waals surface area contributed by atoms with Crippen LogP contribution in [-0.4, -0.2) is 40.6 Å².